The van der Waals surface area contributed by atoms with Crippen LogP contribution in [0.25, 0.3) is 27.8 Å². The van der Waals surface area contributed by atoms with Crippen LogP contribution in [0.3, 0.4) is 0 Å². The highest BCUT2D eigenvalue weighted by molar-refractivity contribution is 6.30. The number of hydrogen-bond acceptors (Lipinski definition) is 4. The Morgan fingerprint density at radius 2 is 1.53 bits per heavy atom. The van der Waals surface area contributed by atoms with Crippen molar-refractivity contribution in [3.8, 4) is 0 Å². The third-order valence-corrected chi connectivity index (χ3v) is 8.42. The van der Waals surface area contributed by atoms with Gasteiger partial charge in [-0.1, -0.05) is 84.4 Å². The Morgan fingerprint density at radius 3 is 2.22 bits per heavy atom. The van der Waals surface area contributed by atoms with Crippen LogP contribution in [0.1, 0.15) is 49.0 Å². The Balaban J connectivity index is 1.48. The third-order valence-electron chi connectivity index (χ3n) is 8.17. The summed E-state index contributed by atoms with van der Waals surface area (Å²) in [6, 6.07) is 30.7. The molecule has 3 atom stereocenters. The van der Waals surface area contributed by atoms with Gasteiger partial charge in [-0.05, 0) is 71.7 Å². The molecular formula is C37H34ClNO6. The minimum Gasteiger partial charge on any atom is -0.481 e. The number of halogens is 1. The van der Waals surface area contributed by atoms with Crippen molar-refractivity contribution in [2.75, 3.05) is 0 Å². The van der Waals surface area contributed by atoms with E-state index in [4.69, 9.17) is 16.0 Å². The number of carboxylic acids is 2. The number of fused-ring (bicyclic) bond motifs is 2. The molecule has 0 aliphatic carbocycles. The predicted molar refractivity (Wildman–Crippen MR) is 176 cm³/mol. The van der Waals surface area contributed by atoms with Gasteiger partial charge in [0, 0.05) is 35.3 Å². The fourth-order valence-corrected chi connectivity index (χ4v) is 5.86. The van der Waals surface area contributed by atoms with E-state index in [2.05, 4.69) is 0 Å². The van der Waals surface area contributed by atoms with Gasteiger partial charge >= 0.3 is 11.9 Å². The molecular weight excluding hydrogens is 590 g/mol. The van der Waals surface area contributed by atoms with E-state index in [9.17, 15) is 24.6 Å². The van der Waals surface area contributed by atoms with Gasteiger partial charge in [0.2, 0.25) is 5.91 Å². The average molecular weight is 624 g/mol. The Labute approximate surface area is 266 Å². The number of nitrogens with zero attached hydrogens (tertiary/aromatic N) is 1. The molecule has 7 nitrogen and oxygen atoms in total. The Morgan fingerprint density at radius 1 is 0.844 bits per heavy atom. The summed E-state index contributed by atoms with van der Waals surface area (Å²) in [5.74, 6) is -3.84. The third kappa shape index (κ3) is 7.99. The topological polar surface area (TPSA) is 108 Å². The first kappa shape index (κ1) is 31.5. The number of carbonyl (C=O) groups is 3. The lowest BCUT2D eigenvalue weighted by Crippen LogP contribution is -2.43. The van der Waals surface area contributed by atoms with Gasteiger partial charge < -0.3 is 19.5 Å². The van der Waals surface area contributed by atoms with Crippen LogP contribution < -0.4 is 0 Å². The number of hydrogen-bond donors (Lipinski definition) is 2. The molecule has 45 heavy (non-hydrogen) atoms. The SMILES string of the molecule is CC(C(CC=Cc1cc2ccccc2o1)c1ccc(Cl)cc1)N(Cc1ccc2ccccc2c1)C(=O)CC(CC(=O)O)C(=O)O. The van der Waals surface area contributed by atoms with Gasteiger partial charge in [0.05, 0.1) is 12.3 Å². The maximum absolute atomic E-state index is 13.9. The first-order chi connectivity index (χ1) is 21.7. The van der Waals surface area contributed by atoms with Gasteiger partial charge in [0.25, 0.3) is 0 Å². The molecule has 0 saturated heterocycles. The molecule has 5 aromatic rings. The molecule has 0 spiro atoms. The zero-order valence-electron chi connectivity index (χ0n) is 24.8. The van der Waals surface area contributed by atoms with Gasteiger partial charge in [-0.2, -0.15) is 0 Å². The molecule has 230 valence electrons. The normalized spacial score (nSPS) is 13.6. The van der Waals surface area contributed by atoms with Crippen molar-refractivity contribution in [2.24, 2.45) is 5.92 Å². The molecule has 8 heteroatoms. The summed E-state index contributed by atoms with van der Waals surface area (Å²) < 4.78 is 5.96. The molecule has 0 aliphatic heterocycles. The lowest BCUT2D eigenvalue weighted by Gasteiger charge is -2.36. The van der Waals surface area contributed by atoms with Crippen molar-refractivity contribution < 1.29 is 29.0 Å². The van der Waals surface area contributed by atoms with Crippen LogP contribution in [0.4, 0.5) is 0 Å². The summed E-state index contributed by atoms with van der Waals surface area (Å²) in [5, 5.41) is 22.7. The fourth-order valence-electron chi connectivity index (χ4n) is 5.73. The van der Waals surface area contributed by atoms with Gasteiger partial charge in [0.1, 0.15) is 11.3 Å². The van der Waals surface area contributed by atoms with Crippen LogP contribution in [0.15, 0.2) is 108 Å². The Kier molecular flexibility index (Phi) is 10.0. The van der Waals surface area contributed by atoms with Crippen LogP contribution in [-0.4, -0.2) is 39.0 Å². The molecule has 1 amide bonds. The Hall–Kier alpha value is -4.88. The monoisotopic (exact) mass is 623 g/mol. The summed E-state index contributed by atoms with van der Waals surface area (Å²) in [6.07, 6.45) is 3.40. The number of carboxylic acid groups (broad SMARTS) is 2. The van der Waals surface area contributed by atoms with Crippen LogP contribution >= 0.6 is 11.6 Å². The van der Waals surface area contributed by atoms with Crippen molar-refractivity contribution in [1.29, 1.82) is 0 Å². The highest BCUT2D eigenvalue weighted by Gasteiger charge is 2.32. The molecule has 0 bridgehead atoms. The minimum atomic E-state index is -1.34. The number of amides is 1. The minimum absolute atomic E-state index is 0.199. The number of carbonyl (C=O) groups excluding carboxylic acids is 1. The molecule has 5 rings (SSSR count). The number of allylic oxidation sites excluding steroid dienone is 1. The van der Waals surface area contributed by atoms with E-state index >= 15 is 0 Å². The van der Waals surface area contributed by atoms with Crippen LogP contribution in [0.5, 0.6) is 0 Å². The van der Waals surface area contributed by atoms with Gasteiger partial charge in [-0.3, -0.25) is 14.4 Å². The van der Waals surface area contributed by atoms with Gasteiger partial charge in [-0.15, -0.1) is 0 Å². The molecule has 1 heterocycles. The van der Waals surface area contributed by atoms with Crippen LogP contribution in [0, 0.1) is 5.92 Å². The Bertz CT molecular complexity index is 1810. The van der Waals surface area contributed by atoms with Crippen molar-refractivity contribution in [2.45, 2.75) is 44.7 Å². The summed E-state index contributed by atoms with van der Waals surface area (Å²) in [7, 11) is 0. The molecule has 3 unspecified atom stereocenters. The number of rotatable bonds is 13. The molecule has 4 aromatic carbocycles. The summed E-state index contributed by atoms with van der Waals surface area (Å²) in [6.45, 7) is 2.17. The first-order valence-electron chi connectivity index (χ1n) is 14.8. The van der Waals surface area contributed by atoms with Gasteiger partial charge in [0.15, 0.2) is 0 Å². The second-order valence-corrected chi connectivity index (χ2v) is 11.7. The van der Waals surface area contributed by atoms with Crippen LogP contribution in [0.2, 0.25) is 5.02 Å². The fraction of sp³-hybridized carbons (Fsp3) is 0.216. The van der Waals surface area contributed by atoms with E-state index in [-0.39, 0.29) is 12.5 Å². The van der Waals surface area contributed by atoms with Gasteiger partial charge in [-0.25, -0.2) is 0 Å². The molecule has 2 N–H and O–H groups in total. The van der Waals surface area contributed by atoms with E-state index in [1.54, 1.807) is 4.90 Å². The smallest absolute Gasteiger partial charge is 0.307 e. The van der Waals surface area contributed by atoms with E-state index < -0.39 is 42.6 Å². The lowest BCUT2D eigenvalue weighted by molar-refractivity contribution is -0.151. The largest absolute Gasteiger partial charge is 0.481 e. The summed E-state index contributed by atoms with van der Waals surface area (Å²) in [4.78, 5) is 39.0. The first-order valence-corrected chi connectivity index (χ1v) is 15.2. The standard InChI is InChI=1S/C37H34ClNO6/c1-24(33(27-15-17-31(38)18-16-27)11-6-10-32-20-29-9-4-5-12-34(29)45-32)39(35(40)21-30(37(43)44)22-36(41)42)23-25-13-14-26-7-2-3-8-28(26)19-25/h2-10,12-20,24,30,33H,11,21-23H2,1H3,(H,41,42)(H,43,44). The molecule has 0 aliphatic rings. The highest BCUT2D eigenvalue weighted by Crippen LogP contribution is 2.32. The van der Waals surface area contributed by atoms with E-state index in [1.807, 2.05) is 116 Å². The van der Waals surface area contributed by atoms with Crippen molar-refractivity contribution in [3.05, 3.63) is 125 Å². The van der Waals surface area contributed by atoms with Crippen LogP contribution in [-0.2, 0) is 20.9 Å². The molecule has 0 radical (unpaired) electrons. The van der Waals surface area contributed by atoms with E-state index in [0.29, 0.717) is 17.2 Å². The number of benzene rings is 4. The van der Waals surface area contributed by atoms with E-state index in [0.717, 1.165) is 32.9 Å². The average Bonchev–Trinajstić information content (AvgIpc) is 3.44. The number of para-hydroxylation sites is 1. The van der Waals surface area contributed by atoms with Crippen molar-refractivity contribution >= 4 is 57.3 Å². The zero-order chi connectivity index (χ0) is 31.9. The van der Waals surface area contributed by atoms with Crippen molar-refractivity contribution in [3.63, 3.8) is 0 Å². The number of furan rings is 1. The molecule has 0 fully saturated rings. The zero-order valence-corrected chi connectivity index (χ0v) is 25.6. The molecule has 1 aromatic heterocycles. The second-order valence-electron chi connectivity index (χ2n) is 11.3. The molecule has 0 saturated carbocycles. The highest BCUT2D eigenvalue weighted by atomic mass is 35.5. The summed E-state index contributed by atoms with van der Waals surface area (Å²) in [5.41, 5.74) is 2.63. The second kappa shape index (κ2) is 14.3. The quantitative estimate of drug-likeness (QED) is 0.136. The maximum Gasteiger partial charge on any atom is 0.307 e. The van der Waals surface area contributed by atoms with E-state index in [1.165, 1.54) is 0 Å². The summed E-state index contributed by atoms with van der Waals surface area (Å²) >= 11 is 6.22. The van der Waals surface area contributed by atoms with Crippen molar-refractivity contribution in [1.82, 2.24) is 4.90 Å². The predicted octanol–water partition coefficient (Wildman–Crippen LogP) is 8.41. The number of aliphatic carboxylic acids is 2. The lowest BCUT2D eigenvalue weighted by atomic mass is 9.87. The maximum atomic E-state index is 13.9.